The molecular formula is C27H27N3OS2. The molecule has 168 valence electrons. The molecule has 33 heavy (non-hydrogen) atoms. The Balaban J connectivity index is 1.61. The van der Waals surface area contributed by atoms with Gasteiger partial charge in [0.05, 0.1) is 23.4 Å². The minimum absolute atomic E-state index is 0.0266. The van der Waals surface area contributed by atoms with Crippen molar-refractivity contribution in [1.29, 1.82) is 0 Å². The third kappa shape index (κ3) is 6.29. The van der Waals surface area contributed by atoms with Gasteiger partial charge in [0.2, 0.25) is 0 Å². The first kappa shape index (κ1) is 23.2. The molecule has 3 aromatic carbocycles. The number of methoxy groups -OCH3 is 1. The molecule has 4 nitrogen and oxygen atoms in total. The predicted molar refractivity (Wildman–Crippen MR) is 141 cm³/mol. The first-order valence-corrected chi connectivity index (χ1v) is 12.6. The average molecular weight is 474 g/mol. The van der Waals surface area contributed by atoms with E-state index < -0.39 is 0 Å². The van der Waals surface area contributed by atoms with Crippen molar-refractivity contribution in [1.82, 2.24) is 9.71 Å². The Kier molecular flexibility index (Phi) is 7.90. The molecule has 1 unspecified atom stereocenters. The number of thiazole rings is 1. The molecule has 4 aromatic rings. The number of ether oxygens (including phenoxy) is 1. The van der Waals surface area contributed by atoms with Crippen LogP contribution >= 0.6 is 23.3 Å². The number of nitrogens with zero attached hydrogens (tertiary/aromatic N) is 1. The molecule has 4 rings (SSSR count). The molecule has 3 N–H and O–H groups in total. The molecule has 0 bridgehead atoms. The highest BCUT2D eigenvalue weighted by Gasteiger charge is 2.18. The Hall–Kier alpha value is -2.98. The summed E-state index contributed by atoms with van der Waals surface area (Å²) in [6, 6.07) is 22.4. The summed E-state index contributed by atoms with van der Waals surface area (Å²) in [6.07, 6.45) is 2.79. The summed E-state index contributed by atoms with van der Waals surface area (Å²) in [7, 11) is 1.69. The van der Waals surface area contributed by atoms with Gasteiger partial charge >= 0.3 is 0 Å². The van der Waals surface area contributed by atoms with Gasteiger partial charge in [-0.15, -0.1) is 11.3 Å². The van der Waals surface area contributed by atoms with Gasteiger partial charge in [0, 0.05) is 22.6 Å². The fourth-order valence-corrected chi connectivity index (χ4v) is 5.33. The molecule has 0 aliphatic heterocycles. The molecule has 0 aliphatic rings. The molecule has 0 aliphatic carbocycles. The van der Waals surface area contributed by atoms with Gasteiger partial charge in [0.1, 0.15) is 10.8 Å². The fraction of sp³-hybridized carbons (Fsp3) is 0.222. The molecular weight excluding hydrogens is 446 g/mol. The summed E-state index contributed by atoms with van der Waals surface area (Å²) in [5.74, 6) is 7.36. The van der Waals surface area contributed by atoms with E-state index in [0.717, 1.165) is 56.4 Å². The monoisotopic (exact) mass is 473 g/mol. The number of nitrogens with two attached hydrogens (primary N) is 1. The van der Waals surface area contributed by atoms with Gasteiger partial charge in [0.25, 0.3) is 0 Å². The van der Waals surface area contributed by atoms with Crippen LogP contribution in [-0.2, 0) is 6.42 Å². The van der Waals surface area contributed by atoms with Crippen LogP contribution < -0.4 is 15.2 Å². The van der Waals surface area contributed by atoms with Gasteiger partial charge in [-0.1, -0.05) is 37.0 Å². The number of anilines is 1. The van der Waals surface area contributed by atoms with Crippen LogP contribution in [0.3, 0.4) is 0 Å². The Morgan fingerprint density at radius 1 is 1.12 bits per heavy atom. The van der Waals surface area contributed by atoms with Crippen molar-refractivity contribution in [2.45, 2.75) is 37.1 Å². The van der Waals surface area contributed by atoms with E-state index in [1.165, 1.54) is 5.56 Å². The van der Waals surface area contributed by atoms with Crippen LogP contribution in [0.25, 0.3) is 10.2 Å². The number of hydrogen-bond acceptors (Lipinski definition) is 6. The van der Waals surface area contributed by atoms with Crippen LogP contribution in [0.15, 0.2) is 71.6 Å². The topological polar surface area (TPSA) is 60.2 Å². The van der Waals surface area contributed by atoms with Crippen LogP contribution in [0.2, 0.25) is 0 Å². The van der Waals surface area contributed by atoms with E-state index >= 15 is 0 Å². The lowest BCUT2D eigenvalue weighted by Gasteiger charge is -2.16. The molecule has 0 amide bonds. The van der Waals surface area contributed by atoms with E-state index in [-0.39, 0.29) is 6.04 Å². The smallest absolute Gasteiger partial charge is 0.120 e. The second kappa shape index (κ2) is 11.2. The van der Waals surface area contributed by atoms with Gasteiger partial charge in [-0.25, -0.2) is 9.71 Å². The summed E-state index contributed by atoms with van der Waals surface area (Å²) in [4.78, 5) is 6.00. The Morgan fingerprint density at radius 2 is 2.00 bits per heavy atom. The van der Waals surface area contributed by atoms with Crippen molar-refractivity contribution in [2.24, 2.45) is 0 Å². The van der Waals surface area contributed by atoms with Gasteiger partial charge in [-0.3, -0.25) is 0 Å². The van der Waals surface area contributed by atoms with E-state index in [2.05, 4.69) is 53.8 Å². The summed E-state index contributed by atoms with van der Waals surface area (Å²) >= 11 is 3.27. The molecule has 1 aromatic heterocycles. The molecule has 1 heterocycles. The second-order valence-electron chi connectivity index (χ2n) is 7.69. The predicted octanol–water partition coefficient (Wildman–Crippen LogP) is 6.62. The average Bonchev–Trinajstić information content (AvgIpc) is 3.25. The van der Waals surface area contributed by atoms with Gasteiger partial charge in [-0.05, 0) is 78.9 Å². The quantitative estimate of drug-likeness (QED) is 0.171. The van der Waals surface area contributed by atoms with E-state index in [4.69, 9.17) is 15.5 Å². The number of unbranched alkanes of at least 4 members (excludes halogenated alkanes) is 1. The van der Waals surface area contributed by atoms with Gasteiger partial charge in [-0.2, -0.15) is 0 Å². The maximum Gasteiger partial charge on any atom is 0.120 e. The third-order valence-electron chi connectivity index (χ3n) is 5.06. The summed E-state index contributed by atoms with van der Waals surface area (Å²) in [5.41, 5.74) is 9.98. The normalized spacial score (nSPS) is 11.7. The Labute approximate surface area is 203 Å². The number of nitrogens with one attached hydrogen (secondary N) is 1. The number of hydrogen-bond donors (Lipinski definition) is 2. The standard InChI is InChI=1S/C27H27N3OS2/c1-3-4-5-8-19-9-6-10-20(15-19)16-25(30-33-23-12-7-11-21(28)17-23)27-29-24-14-13-22(31-2)18-26(24)32-27/h6-7,9-15,17-18,25,30H,3-4,16,28H2,1-2H3. The highest BCUT2D eigenvalue weighted by atomic mass is 32.2. The van der Waals surface area contributed by atoms with E-state index in [1.54, 1.807) is 30.4 Å². The van der Waals surface area contributed by atoms with Crippen molar-refractivity contribution in [3.8, 4) is 17.6 Å². The zero-order chi connectivity index (χ0) is 23.0. The summed E-state index contributed by atoms with van der Waals surface area (Å²) in [6.45, 7) is 2.15. The van der Waals surface area contributed by atoms with E-state index in [9.17, 15) is 0 Å². The molecule has 0 radical (unpaired) electrons. The molecule has 0 spiro atoms. The van der Waals surface area contributed by atoms with Gasteiger partial charge < -0.3 is 10.5 Å². The summed E-state index contributed by atoms with van der Waals surface area (Å²) in [5, 5.41) is 1.04. The van der Waals surface area contributed by atoms with Crippen LogP contribution in [0.1, 0.15) is 41.9 Å². The molecule has 6 heteroatoms. The number of nitrogen functional groups attached to an aromatic ring is 1. The van der Waals surface area contributed by atoms with Crippen molar-refractivity contribution >= 4 is 39.2 Å². The van der Waals surface area contributed by atoms with Crippen molar-refractivity contribution < 1.29 is 4.74 Å². The van der Waals surface area contributed by atoms with Crippen LogP contribution in [0, 0.1) is 11.8 Å². The second-order valence-corrected chi connectivity index (χ2v) is 9.66. The molecule has 0 fully saturated rings. The Bertz CT molecular complexity index is 1290. The largest absolute Gasteiger partial charge is 0.497 e. The number of rotatable bonds is 8. The van der Waals surface area contributed by atoms with Crippen molar-refractivity contribution in [2.75, 3.05) is 12.8 Å². The third-order valence-corrected chi connectivity index (χ3v) is 7.09. The number of aromatic nitrogens is 1. The first-order valence-electron chi connectivity index (χ1n) is 10.9. The van der Waals surface area contributed by atoms with Crippen molar-refractivity contribution in [3.05, 3.63) is 82.9 Å². The minimum Gasteiger partial charge on any atom is -0.497 e. The van der Waals surface area contributed by atoms with Crippen LogP contribution in [0.5, 0.6) is 5.75 Å². The number of fused-ring (bicyclic) bond motifs is 1. The van der Waals surface area contributed by atoms with E-state index in [1.807, 2.05) is 36.4 Å². The van der Waals surface area contributed by atoms with Crippen LogP contribution in [-0.4, -0.2) is 12.1 Å². The summed E-state index contributed by atoms with van der Waals surface area (Å²) < 4.78 is 10.1. The maximum atomic E-state index is 5.97. The Morgan fingerprint density at radius 3 is 2.82 bits per heavy atom. The minimum atomic E-state index is 0.0266. The fourth-order valence-electron chi connectivity index (χ4n) is 3.40. The highest BCUT2D eigenvalue weighted by Crippen LogP contribution is 2.33. The molecule has 1 atom stereocenters. The number of benzene rings is 3. The van der Waals surface area contributed by atoms with Crippen molar-refractivity contribution in [3.63, 3.8) is 0 Å². The lowest BCUT2D eigenvalue weighted by Crippen LogP contribution is -2.17. The maximum absolute atomic E-state index is 5.97. The lowest BCUT2D eigenvalue weighted by molar-refractivity contribution is 0.415. The SMILES string of the molecule is CCCC#Cc1cccc(CC(NSc2cccc(N)c2)c2nc3ccc(OC)cc3s2)c1. The molecule has 0 saturated carbocycles. The molecule has 0 saturated heterocycles. The zero-order valence-electron chi connectivity index (χ0n) is 18.8. The lowest BCUT2D eigenvalue weighted by atomic mass is 10.0. The first-order chi connectivity index (χ1) is 16.1. The zero-order valence-corrected chi connectivity index (χ0v) is 20.4. The van der Waals surface area contributed by atoms with Crippen LogP contribution in [0.4, 0.5) is 5.69 Å². The van der Waals surface area contributed by atoms with Gasteiger partial charge in [0.15, 0.2) is 0 Å². The highest BCUT2D eigenvalue weighted by molar-refractivity contribution is 7.97. The van der Waals surface area contributed by atoms with E-state index in [0.29, 0.717) is 0 Å².